The van der Waals surface area contributed by atoms with Gasteiger partial charge < -0.3 is 4.74 Å². The minimum Gasteiger partial charge on any atom is -0.481 e. The molecule has 1 rings (SSSR count). The molecule has 0 aromatic rings. The first-order valence-corrected chi connectivity index (χ1v) is 5.73. The Morgan fingerprint density at radius 1 is 1.67 bits per heavy atom. The van der Waals surface area contributed by atoms with E-state index >= 15 is 0 Å². The third-order valence-corrected chi connectivity index (χ3v) is 3.15. The highest BCUT2D eigenvalue weighted by molar-refractivity contribution is 5.73. The summed E-state index contributed by atoms with van der Waals surface area (Å²) < 4.78 is 5.14. The summed E-state index contributed by atoms with van der Waals surface area (Å²) >= 11 is 0. The maximum atomic E-state index is 9.27. The van der Waals surface area contributed by atoms with E-state index < -0.39 is 0 Å². The molecule has 2 atom stereocenters. The number of hydrogen-bond donors (Lipinski definition) is 1. The summed E-state index contributed by atoms with van der Waals surface area (Å²) in [6, 6.07) is 2.42. The second kappa shape index (κ2) is 5.16. The Morgan fingerprint density at radius 2 is 2.40 bits per heavy atom. The summed E-state index contributed by atoms with van der Waals surface area (Å²) in [4.78, 5) is 0. The minimum atomic E-state index is -0.329. The van der Waals surface area contributed by atoms with Gasteiger partial charge in [-0.25, -0.2) is 0 Å². The van der Waals surface area contributed by atoms with Crippen molar-refractivity contribution < 1.29 is 4.74 Å². The van der Waals surface area contributed by atoms with Crippen molar-refractivity contribution in [2.45, 2.75) is 46.0 Å². The largest absolute Gasteiger partial charge is 0.481 e. The fourth-order valence-corrected chi connectivity index (χ4v) is 2.49. The molecule has 1 aliphatic carbocycles. The molecule has 3 heteroatoms. The quantitative estimate of drug-likeness (QED) is 0.572. The Morgan fingerprint density at radius 3 is 2.93 bits per heavy atom. The van der Waals surface area contributed by atoms with Crippen LogP contribution in [-0.4, -0.2) is 12.5 Å². The van der Waals surface area contributed by atoms with Crippen LogP contribution >= 0.6 is 0 Å². The molecule has 1 aliphatic rings. The summed E-state index contributed by atoms with van der Waals surface area (Å²) in [6.45, 7) is 4.59. The van der Waals surface area contributed by atoms with Gasteiger partial charge >= 0.3 is 0 Å². The molecule has 1 saturated carbocycles. The van der Waals surface area contributed by atoms with Crippen molar-refractivity contribution in [3.63, 3.8) is 0 Å². The topological polar surface area (TPSA) is 56.9 Å². The SMILES string of the molecule is CCOC(=N)C[C@@]1(C#N)CCC[C@@H](C)C1. The second-order valence-corrected chi connectivity index (χ2v) is 4.63. The average molecular weight is 208 g/mol. The zero-order chi connectivity index (χ0) is 11.3. The molecular formula is C12H20N2O. The molecule has 0 saturated heterocycles. The van der Waals surface area contributed by atoms with Gasteiger partial charge in [-0.15, -0.1) is 0 Å². The number of hydrogen-bond acceptors (Lipinski definition) is 3. The highest BCUT2D eigenvalue weighted by Gasteiger charge is 2.36. The molecule has 1 N–H and O–H groups in total. The molecule has 84 valence electrons. The molecule has 0 heterocycles. The van der Waals surface area contributed by atoms with Crippen LogP contribution in [0.1, 0.15) is 46.0 Å². The van der Waals surface area contributed by atoms with Gasteiger partial charge in [0.2, 0.25) is 0 Å². The first-order chi connectivity index (χ1) is 7.12. The fraction of sp³-hybridized carbons (Fsp3) is 0.833. The lowest BCUT2D eigenvalue weighted by Gasteiger charge is -2.34. The first-order valence-electron chi connectivity index (χ1n) is 5.73. The summed E-state index contributed by atoms with van der Waals surface area (Å²) in [5.74, 6) is 0.876. The van der Waals surface area contributed by atoms with Crippen LogP contribution in [0.25, 0.3) is 0 Å². The fourth-order valence-electron chi connectivity index (χ4n) is 2.49. The van der Waals surface area contributed by atoms with Crippen LogP contribution in [0.3, 0.4) is 0 Å². The van der Waals surface area contributed by atoms with Crippen molar-refractivity contribution in [2.75, 3.05) is 6.61 Å². The van der Waals surface area contributed by atoms with E-state index in [0.29, 0.717) is 18.9 Å². The molecule has 0 aromatic carbocycles. The molecular weight excluding hydrogens is 188 g/mol. The van der Waals surface area contributed by atoms with Gasteiger partial charge in [0.05, 0.1) is 18.1 Å². The van der Waals surface area contributed by atoms with Crippen LogP contribution in [0.4, 0.5) is 0 Å². The predicted molar refractivity (Wildman–Crippen MR) is 59.6 cm³/mol. The van der Waals surface area contributed by atoms with E-state index in [1.165, 1.54) is 6.42 Å². The maximum Gasteiger partial charge on any atom is 0.181 e. The number of ether oxygens (including phenoxy) is 1. The Kier molecular flexibility index (Phi) is 4.14. The average Bonchev–Trinajstić information content (AvgIpc) is 2.18. The van der Waals surface area contributed by atoms with Gasteiger partial charge in [-0.2, -0.15) is 5.26 Å². The van der Waals surface area contributed by atoms with E-state index in [2.05, 4.69) is 13.0 Å². The van der Waals surface area contributed by atoms with Gasteiger partial charge in [-0.1, -0.05) is 19.8 Å². The molecule has 1 fully saturated rings. The minimum absolute atomic E-state index is 0.271. The Hall–Kier alpha value is -1.04. The van der Waals surface area contributed by atoms with Crippen molar-refractivity contribution in [1.29, 1.82) is 10.7 Å². The zero-order valence-electron chi connectivity index (χ0n) is 9.68. The molecule has 0 unspecified atom stereocenters. The molecule has 0 aliphatic heterocycles. The molecule has 0 radical (unpaired) electrons. The summed E-state index contributed by atoms with van der Waals surface area (Å²) in [6.07, 6.45) is 4.64. The zero-order valence-corrected chi connectivity index (χ0v) is 9.68. The normalized spacial score (nSPS) is 30.6. The molecule has 0 amide bonds. The van der Waals surface area contributed by atoms with E-state index in [9.17, 15) is 5.26 Å². The van der Waals surface area contributed by atoms with Gasteiger partial charge in [0.25, 0.3) is 0 Å². The molecule has 15 heavy (non-hydrogen) atoms. The highest BCUT2D eigenvalue weighted by Crippen LogP contribution is 2.41. The van der Waals surface area contributed by atoms with Crippen LogP contribution < -0.4 is 0 Å². The van der Waals surface area contributed by atoms with Gasteiger partial charge in [0.15, 0.2) is 5.90 Å². The van der Waals surface area contributed by atoms with Crippen LogP contribution in [0.2, 0.25) is 0 Å². The first kappa shape index (κ1) is 12.0. The third-order valence-electron chi connectivity index (χ3n) is 3.15. The van der Waals surface area contributed by atoms with Crippen molar-refractivity contribution in [1.82, 2.24) is 0 Å². The molecule has 0 bridgehead atoms. The monoisotopic (exact) mass is 208 g/mol. The third kappa shape index (κ3) is 3.23. The smallest absolute Gasteiger partial charge is 0.181 e. The summed E-state index contributed by atoms with van der Waals surface area (Å²) in [5, 5.41) is 16.9. The molecule has 0 spiro atoms. The summed E-state index contributed by atoms with van der Waals surface area (Å²) in [5.41, 5.74) is -0.329. The van der Waals surface area contributed by atoms with Gasteiger partial charge in [-0.3, -0.25) is 5.41 Å². The number of nitriles is 1. The Balaban J connectivity index is 2.60. The summed E-state index contributed by atoms with van der Waals surface area (Å²) in [7, 11) is 0. The van der Waals surface area contributed by atoms with E-state index in [-0.39, 0.29) is 11.3 Å². The van der Waals surface area contributed by atoms with Crippen molar-refractivity contribution in [3.8, 4) is 6.07 Å². The molecule has 0 aromatic heterocycles. The lowest BCUT2D eigenvalue weighted by atomic mass is 9.69. The number of nitrogens with one attached hydrogen (secondary N) is 1. The number of rotatable bonds is 3. The van der Waals surface area contributed by atoms with Crippen LogP contribution in [-0.2, 0) is 4.74 Å². The lowest BCUT2D eigenvalue weighted by molar-refractivity contribution is 0.200. The predicted octanol–water partition coefficient (Wildman–Crippen LogP) is 3.11. The van der Waals surface area contributed by atoms with Crippen molar-refractivity contribution in [3.05, 3.63) is 0 Å². The van der Waals surface area contributed by atoms with Crippen LogP contribution in [0, 0.1) is 28.1 Å². The van der Waals surface area contributed by atoms with E-state index in [1.54, 1.807) is 0 Å². The standard InChI is InChI=1S/C12H20N2O/c1-3-15-11(14)8-12(9-13)6-4-5-10(2)7-12/h10,14H,3-8H2,1-2H3/t10-,12-/m1/s1. The van der Waals surface area contributed by atoms with E-state index in [1.807, 2.05) is 6.92 Å². The highest BCUT2D eigenvalue weighted by atomic mass is 16.5. The van der Waals surface area contributed by atoms with Crippen molar-refractivity contribution >= 4 is 5.90 Å². The van der Waals surface area contributed by atoms with Gasteiger partial charge in [-0.05, 0) is 25.7 Å². The van der Waals surface area contributed by atoms with E-state index in [0.717, 1.165) is 19.3 Å². The van der Waals surface area contributed by atoms with Crippen LogP contribution in [0.15, 0.2) is 0 Å². The number of nitrogens with zero attached hydrogens (tertiary/aromatic N) is 1. The maximum absolute atomic E-state index is 9.27. The van der Waals surface area contributed by atoms with Crippen molar-refractivity contribution in [2.24, 2.45) is 11.3 Å². The van der Waals surface area contributed by atoms with Gasteiger partial charge in [0, 0.05) is 6.42 Å². The van der Waals surface area contributed by atoms with Crippen LogP contribution in [0.5, 0.6) is 0 Å². The Labute approximate surface area is 91.9 Å². The van der Waals surface area contributed by atoms with Gasteiger partial charge in [0.1, 0.15) is 0 Å². The molecule has 3 nitrogen and oxygen atoms in total. The lowest BCUT2D eigenvalue weighted by Crippen LogP contribution is -2.29. The van der Waals surface area contributed by atoms with E-state index in [4.69, 9.17) is 10.1 Å². The second-order valence-electron chi connectivity index (χ2n) is 4.63. The Bertz CT molecular complexity index is 269.